The van der Waals surface area contributed by atoms with Gasteiger partial charge in [-0.05, 0) is 30.7 Å². The van der Waals surface area contributed by atoms with Crippen molar-refractivity contribution in [3.05, 3.63) is 47.5 Å². The van der Waals surface area contributed by atoms with Crippen molar-refractivity contribution in [3.63, 3.8) is 0 Å². The molecule has 8 nitrogen and oxygen atoms in total. The second-order valence-electron chi connectivity index (χ2n) is 7.25. The van der Waals surface area contributed by atoms with Crippen LogP contribution < -0.4 is 24.8 Å². The predicted molar refractivity (Wildman–Crippen MR) is 119 cm³/mol. The summed E-state index contributed by atoms with van der Waals surface area (Å²) in [6, 6.07) is 12.0. The number of benzene rings is 2. The number of amides is 2. The van der Waals surface area contributed by atoms with Crippen molar-refractivity contribution >= 4 is 23.3 Å². The molecule has 1 fully saturated rings. The van der Waals surface area contributed by atoms with Gasteiger partial charge in [0.25, 0.3) is 0 Å². The average Bonchev–Trinajstić information content (AvgIpc) is 2.75. The SMILES string of the molecule is COc1cc(NC(=O)NCC[C@@H](CO)N2CC(Oc3ccc(Cl)cc3)C2)cc(OC)c1. The summed E-state index contributed by atoms with van der Waals surface area (Å²) in [6.45, 7) is 1.90. The van der Waals surface area contributed by atoms with E-state index in [2.05, 4.69) is 15.5 Å². The smallest absolute Gasteiger partial charge is 0.319 e. The third-order valence-corrected chi connectivity index (χ3v) is 5.34. The Hall–Kier alpha value is -2.68. The van der Waals surface area contributed by atoms with Crippen LogP contribution in [-0.2, 0) is 0 Å². The minimum absolute atomic E-state index is 0.0179. The highest BCUT2D eigenvalue weighted by Gasteiger charge is 2.33. The molecule has 1 aliphatic heterocycles. The summed E-state index contributed by atoms with van der Waals surface area (Å²) < 4.78 is 16.3. The van der Waals surface area contributed by atoms with Crippen LogP contribution in [0.2, 0.25) is 5.02 Å². The Morgan fingerprint density at radius 1 is 1.13 bits per heavy atom. The molecule has 31 heavy (non-hydrogen) atoms. The Morgan fingerprint density at radius 2 is 1.77 bits per heavy atom. The molecule has 3 rings (SSSR count). The van der Waals surface area contributed by atoms with Crippen LogP contribution in [0.5, 0.6) is 17.2 Å². The Labute approximate surface area is 187 Å². The Bertz CT molecular complexity index is 836. The molecule has 9 heteroatoms. The normalized spacial score (nSPS) is 15.0. The number of anilines is 1. The lowest BCUT2D eigenvalue weighted by atomic mass is 10.1. The number of aliphatic hydroxyl groups excluding tert-OH is 1. The van der Waals surface area contributed by atoms with Gasteiger partial charge in [0.15, 0.2) is 0 Å². The molecule has 1 atom stereocenters. The number of nitrogens with zero attached hydrogens (tertiary/aromatic N) is 1. The van der Waals surface area contributed by atoms with Gasteiger partial charge in [-0.2, -0.15) is 0 Å². The highest BCUT2D eigenvalue weighted by molar-refractivity contribution is 6.30. The van der Waals surface area contributed by atoms with Crippen LogP contribution in [0.3, 0.4) is 0 Å². The van der Waals surface area contributed by atoms with Gasteiger partial charge in [0.05, 0.1) is 20.8 Å². The third kappa shape index (κ3) is 6.65. The zero-order valence-electron chi connectivity index (χ0n) is 17.6. The first-order chi connectivity index (χ1) is 15.0. The van der Waals surface area contributed by atoms with Gasteiger partial charge < -0.3 is 30.0 Å². The van der Waals surface area contributed by atoms with E-state index in [0.717, 1.165) is 18.8 Å². The highest BCUT2D eigenvalue weighted by Crippen LogP contribution is 2.26. The van der Waals surface area contributed by atoms with Crippen LogP contribution in [0.15, 0.2) is 42.5 Å². The van der Waals surface area contributed by atoms with Crippen LogP contribution >= 0.6 is 11.6 Å². The number of hydrogen-bond donors (Lipinski definition) is 3. The number of hydrogen-bond acceptors (Lipinski definition) is 6. The number of nitrogens with one attached hydrogen (secondary N) is 2. The summed E-state index contributed by atoms with van der Waals surface area (Å²) in [5.74, 6) is 1.95. The Kier molecular flexibility index (Phi) is 8.22. The van der Waals surface area contributed by atoms with Crippen molar-refractivity contribution in [3.8, 4) is 17.2 Å². The fraction of sp³-hybridized carbons (Fsp3) is 0.409. The molecule has 1 heterocycles. The molecule has 1 aliphatic rings. The fourth-order valence-electron chi connectivity index (χ4n) is 3.34. The molecule has 0 saturated carbocycles. The maximum absolute atomic E-state index is 12.2. The first kappa shape index (κ1) is 23.0. The molecule has 1 saturated heterocycles. The summed E-state index contributed by atoms with van der Waals surface area (Å²) in [6.07, 6.45) is 0.702. The van der Waals surface area contributed by atoms with E-state index in [0.29, 0.717) is 35.2 Å². The number of aliphatic hydroxyl groups is 1. The van der Waals surface area contributed by atoms with Gasteiger partial charge in [-0.3, -0.25) is 4.90 Å². The van der Waals surface area contributed by atoms with Gasteiger partial charge in [0, 0.05) is 54.6 Å². The monoisotopic (exact) mass is 449 g/mol. The van der Waals surface area contributed by atoms with Crippen molar-refractivity contribution in [2.45, 2.75) is 18.6 Å². The van der Waals surface area contributed by atoms with Gasteiger partial charge in [-0.25, -0.2) is 4.79 Å². The minimum Gasteiger partial charge on any atom is -0.497 e. The topological polar surface area (TPSA) is 92.3 Å². The van der Waals surface area contributed by atoms with Gasteiger partial charge in [0.1, 0.15) is 23.4 Å². The number of methoxy groups -OCH3 is 2. The van der Waals surface area contributed by atoms with E-state index in [1.54, 1.807) is 44.6 Å². The molecule has 2 aromatic rings. The maximum Gasteiger partial charge on any atom is 0.319 e. The van der Waals surface area contributed by atoms with E-state index in [4.69, 9.17) is 25.8 Å². The van der Waals surface area contributed by atoms with E-state index in [1.165, 1.54) is 0 Å². The number of urea groups is 1. The summed E-state index contributed by atoms with van der Waals surface area (Å²) in [4.78, 5) is 14.4. The predicted octanol–water partition coefficient (Wildman–Crippen LogP) is 2.99. The van der Waals surface area contributed by atoms with Crippen molar-refractivity contribution in [2.24, 2.45) is 0 Å². The number of carbonyl (C=O) groups excluding carboxylic acids is 1. The Morgan fingerprint density at radius 3 is 2.35 bits per heavy atom. The molecule has 3 N–H and O–H groups in total. The summed E-state index contributed by atoms with van der Waals surface area (Å²) in [5.41, 5.74) is 0.567. The fourth-order valence-corrected chi connectivity index (χ4v) is 3.47. The largest absolute Gasteiger partial charge is 0.497 e. The lowest BCUT2D eigenvalue weighted by molar-refractivity contribution is -0.0261. The number of ether oxygens (including phenoxy) is 3. The highest BCUT2D eigenvalue weighted by atomic mass is 35.5. The first-order valence-electron chi connectivity index (χ1n) is 10.1. The number of rotatable bonds is 10. The lowest BCUT2D eigenvalue weighted by Gasteiger charge is -2.43. The average molecular weight is 450 g/mol. The van der Waals surface area contributed by atoms with E-state index in [9.17, 15) is 9.90 Å². The number of carbonyl (C=O) groups is 1. The quantitative estimate of drug-likeness (QED) is 0.516. The van der Waals surface area contributed by atoms with Crippen LogP contribution in [0, 0.1) is 0 Å². The van der Waals surface area contributed by atoms with Crippen LogP contribution in [0.25, 0.3) is 0 Å². The summed E-state index contributed by atoms with van der Waals surface area (Å²) >= 11 is 5.89. The molecular weight excluding hydrogens is 422 g/mol. The molecule has 2 amide bonds. The minimum atomic E-state index is -0.334. The van der Waals surface area contributed by atoms with Crippen LogP contribution in [0.4, 0.5) is 10.5 Å². The zero-order valence-corrected chi connectivity index (χ0v) is 18.4. The van der Waals surface area contributed by atoms with Gasteiger partial charge in [0.2, 0.25) is 0 Å². The summed E-state index contributed by atoms with van der Waals surface area (Å²) in [5, 5.41) is 16.0. The second-order valence-corrected chi connectivity index (χ2v) is 7.69. The van der Waals surface area contributed by atoms with Crippen molar-refractivity contribution in [1.82, 2.24) is 10.2 Å². The molecule has 0 aliphatic carbocycles. The number of halogens is 1. The van der Waals surface area contributed by atoms with E-state index in [1.807, 2.05) is 12.1 Å². The molecule has 2 aromatic carbocycles. The molecule has 0 spiro atoms. The van der Waals surface area contributed by atoms with Crippen LogP contribution in [0.1, 0.15) is 6.42 Å². The van der Waals surface area contributed by atoms with Crippen LogP contribution in [-0.4, -0.2) is 68.6 Å². The molecule has 0 radical (unpaired) electrons. The standard InChI is InChI=1S/C22H28ClN3O5/c1-29-19-9-16(10-20(11-19)30-2)25-22(28)24-8-7-17(14-27)26-12-21(13-26)31-18-5-3-15(23)4-6-18/h3-6,9-11,17,21,27H,7-8,12-14H2,1-2H3,(H2,24,25,28)/t17-/m0/s1. The van der Waals surface area contributed by atoms with Crippen molar-refractivity contribution in [1.29, 1.82) is 0 Å². The molecule has 0 bridgehead atoms. The third-order valence-electron chi connectivity index (χ3n) is 5.09. The van der Waals surface area contributed by atoms with E-state index >= 15 is 0 Å². The molecule has 168 valence electrons. The van der Waals surface area contributed by atoms with E-state index in [-0.39, 0.29) is 24.8 Å². The maximum atomic E-state index is 12.2. The van der Waals surface area contributed by atoms with E-state index < -0.39 is 0 Å². The van der Waals surface area contributed by atoms with Crippen molar-refractivity contribution in [2.75, 3.05) is 45.8 Å². The van der Waals surface area contributed by atoms with Gasteiger partial charge in [-0.1, -0.05) is 11.6 Å². The second kappa shape index (κ2) is 11.1. The summed E-state index contributed by atoms with van der Waals surface area (Å²) in [7, 11) is 3.10. The first-order valence-corrected chi connectivity index (χ1v) is 10.4. The lowest BCUT2D eigenvalue weighted by Crippen LogP contribution is -2.59. The molecule has 0 unspecified atom stereocenters. The Balaban J connectivity index is 1.39. The zero-order chi connectivity index (χ0) is 22.2. The van der Waals surface area contributed by atoms with Crippen molar-refractivity contribution < 1.29 is 24.1 Å². The van der Waals surface area contributed by atoms with Gasteiger partial charge in [-0.15, -0.1) is 0 Å². The van der Waals surface area contributed by atoms with Gasteiger partial charge >= 0.3 is 6.03 Å². The molecule has 0 aromatic heterocycles. The molecular formula is C22H28ClN3O5. The number of likely N-dealkylation sites (tertiary alicyclic amines) is 1.